The van der Waals surface area contributed by atoms with Gasteiger partial charge in [-0.2, -0.15) is 0 Å². The zero-order valence-corrected chi connectivity index (χ0v) is 14.0. The fraction of sp³-hybridized carbons (Fsp3) is 0.882. The predicted octanol–water partition coefficient (Wildman–Crippen LogP) is 1.88. The first-order chi connectivity index (χ1) is 10.9. The van der Waals surface area contributed by atoms with Gasteiger partial charge >= 0.3 is 0 Å². The van der Waals surface area contributed by atoms with E-state index in [0.717, 1.165) is 32.0 Å². The van der Waals surface area contributed by atoms with E-state index in [-0.39, 0.29) is 30.2 Å². The predicted molar refractivity (Wildman–Crippen MR) is 79.7 cm³/mol. The van der Waals surface area contributed by atoms with Gasteiger partial charge in [-0.3, -0.25) is 4.79 Å². The minimum Gasteiger partial charge on any atom is -0.321 e. The van der Waals surface area contributed by atoms with Gasteiger partial charge in [-0.05, 0) is 38.0 Å². The van der Waals surface area contributed by atoms with E-state index in [0.29, 0.717) is 5.92 Å². The van der Waals surface area contributed by atoms with Gasteiger partial charge in [-0.15, -0.1) is 0 Å². The number of likely N-dealkylation sites (tertiary alicyclic amines) is 1. The van der Waals surface area contributed by atoms with Crippen molar-refractivity contribution in [3.05, 3.63) is 0 Å². The number of carbonyl (C=O) groups is 2. The SMILES string of the molecule is C[C@@H]1CC[C@H]2[C@@H](C)C(=O)N(CC=O)[C@@H]3O[C@@]4(C)CC[C@@H]1[C@@]23OO4. The summed E-state index contributed by atoms with van der Waals surface area (Å²) in [7, 11) is 0. The third-order valence-corrected chi connectivity index (χ3v) is 6.63. The Kier molecular flexibility index (Phi) is 3.38. The Hall–Kier alpha value is -0.980. The Bertz CT molecular complexity index is 539. The van der Waals surface area contributed by atoms with Crippen LogP contribution in [0.15, 0.2) is 0 Å². The van der Waals surface area contributed by atoms with Crippen LogP contribution in [0.5, 0.6) is 0 Å². The fourth-order valence-corrected chi connectivity index (χ4v) is 5.42. The van der Waals surface area contributed by atoms with Gasteiger partial charge in [0.25, 0.3) is 0 Å². The van der Waals surface area contributed by atoms with Gasteiger partial charge in [0.15, 0.2) is 11.8 Å². The number of ether oxygens (including phenoxy) is 1. The summed E-state index contributed by atoms with van der Waals surface area (Å²) in [5, 5.41) is 0. The number of fused-ring (bicyclic) bond motifs is 2. The second-order valence-electron chi connectivity index (χ2n) is 7.88. The van der Waals surface area contributed by atoms with E-state index in [2.05, 4.69) is 6.92 Å². The van der Waals surface area contributed by atoms with Gasteiger partial charge in [-0.1, -0.05) is 13.8 Å². The molecule has 5 rings (SSSR count). The van der Waals surface area contributed by atoms with E-state index >= 15 is 0 Å². The summed E-state index contributed by atoms with van der Waals surface area (Å²) in [6.07, 6.45) is 3.96. The highest BCUT2D eigenvalue weighted by atomic mass is 17.3. The smallest absolute Gasteiger partial charge is 0.228 e. The van der Waals surface area contributed by atoms with Crippen LogP contribution in [-0.2, 0) is 24.1 Å². The average Bonchev–Trinajstić information content (AvgIpc) is 2.76. The molecule has 4 aliphatic heterocycles. The Morgan fingerprint density at radius 1 is 1.22 bits per heavy atom. The first kappa shape index (κ1) is 15.5. The molecule has 1 amide bonds. The maximum atomic E-state index is 12.8. The summed E-state index contributed by atoms with van der Waals surface area (Å²) in [6.45, 7) is 6.11. The number of piperidine rings is 1. The summed E-state index contributed by atoms with van der Waals surface area (Å²) in [5.74, 6) is -0.201. The summed E-state index contributed by atoms with van der Waals surface area (Å²) < 4.78 is 6.26. The van der Waals surface area contributed by atoms with Gasteiger partial charge < -0.3 is 14.4 Å². The van der Waals surface area contributed by atoms with Crippen molar-refractivity contribution < 1.29 is 24.1 Å². The lowest BCUT2D eigenvalue weighted by molar-refractivity contribution is -0.547. The van der Waals surface area contributed by atoms with E-state index in [4.69, 9.17) is 14.5 Å². The second kappa shape index (κ2) is 5.01. The van der Waals surface area contributed by atoms with Crippen LogP contribution in [0.25, 0.3) is 0 Å². The molecule has 23 heavy (non-hydrogen) atoms. The number of hydrogen-bond donors (Lipinski definition) is 0. The molecule has 1 aliphatic carbocycles. The average molecular weight is 323 g/mol. The first-order valence-corrected chi connectivity index (χ1v) is 8.72. The van der Waals surface area contributed by atoms with Crippen LogP contribution in [0.3, 0.4) is 0 Å². The fourth-order valence-electron chi connectivity index (χ4n) is 5.42. The van der Waals surface area contributed by atoms with E-state index in [1.165, 1.54) is 0 Å². The molecule has 5 aliphatic rings. The largest absolute Gasteiger partial charge is 0.321 e. The third-order valence-electron chi connectivity index (χ3n) is 6.63. The number of hydrogen-bond acceptors (Lipinski definition) is 5. The van der Waals surface area contributed by atoms with Crippen molar-refractivity contribution in [1.29, 1.82) is 0 Å². The molecule has 0 aromatic rings. The molecular formula is C17H25NO5. The quantitative estimate of drug-likeness (QED) is 0.573. The van der Waals surface area contributed by atoms with Crippen molar-refractivity contribution in [3.8, 4) is 0 Å². The summed E-state index contributed by atoms with van der Waals surface area (Å²) in [5.41, 5.74) is -0.649. The molecule has 4 saturated heterocycles. The molecule has 0 N–H and O–H groups in total. The number of carbonyl (C=O) groups excluding carboxylic acids is 2. The molecule has 2 bridgehead atoms. The molecule has 7 atom stereocenters. The van der Waals surface area contributed by atoms with Crippen LogP contribution in [0, 0.1) is 23.7 Å². The summed E-state index contributed by atoms with van der Waals surface area (Å²) in [6, 6.07) is 0. The van der Waals surface area contributed by atoms with Crippen molar-refractivity contribution in [2.75, 3.05) is 6.54 Å². The maximum Gasteiger partial charge on any atom is 0.228 e. The van der Waals surface area contributed by atoms with Gasteiger partial charge in [0.05, 0.1) is 6.54 Å². The molecule has 4 heterocycles. The van der Waals surface area contributed by atoms with Gasteiger partial charge in [0, 0.05) is 18.3 Å². The minimum absolute atomic E-state index is 0.00854. The molecule has 128 valence electrons. The Morgan fingerprint density at radius 3 is 2.74 bits per heavy atom. The molecule has 0 aromatic carbocycles. The molecule has 5 fully saturated rings. The standard InChI is InChI=1S/C17H25NO5/c1-10-4-5-13-11(2)14(20)18(8-9-19)15-17(13)12(10)6-7-16(3,21-15)22-23-17/h9-13,15H,4-8H2,1-3H3/t10-,11-,12+,13+,15-,16-,17-/m1/s1. The van der Waals surface area contributed by atoms with Gasteiger partial charge in [-0.25, -0.2) is 9.78 Å². The lowest BCUT2D eigenvalue weighted by Crippen LogP contribution is -2.75. The number of amides is 1. The highest BCUT2D eigenvalue weighted by Gasteiger charge is 2.70. The lowest BCUT2D eigenvalue weighted by Gasteiger charge is -2.61. The zero-order chi connectivity index (χ0) is 16.4. The van der Waals surface area contributed by atoms with E-state index in [1.54, 1.807) is 4.90 Å². The normalized spacial score (nSPS) is 52.0. The Morgan fingerprint density at radius 2 is 2.00 bits per heavy atom. The van der Waals surface area contributed by atoms with Crippen LogP contribution < -0.4 is 0 Å². The molecular weight excluding hydrogens is 298 g/mol. The van der Waals surface area contributed by atoms with Crippen molar-refractivity contribution in [2.24, 2.45) is 23.7 Å². The lowest BCUT2D eigenvalue weighted by atomic mass is 9.57. The maximum absolute atomic E-state index is 12.8. The highest BCUT2D eigenvalue weighted by Crippen LogP contribution is 2.60. The van der Waals surface area contributed by atoms with E-state index < -0.39 is 17.6 Å². The molecule has 0 unspecified atom stereocenters. The molecule has 0 radical (unpaired) electrons. The number of aldehydes is 1. The number of nitrogens with zero attached hydrogens (tertiary/aromatic N) is 1. The molecule has 1 saturated carbocycles. The summed E-state index contributed by atoms with van der Waals surface area (Å²) >= 11 is 0. The van der Waals surface area contributed by atoms with Crippen molar-refractivity contribution in [2.45, 2.75) is 64.1 Å². The number of rotatable bonds is 2. The first-order valence-electron chi connectivity index (χ1n) is 8.72. The van der Waals surface area contributed by atoms with Crippen LogP contribution in [0.4, 0.5) is 0 Å². The van der Waals surface area contributed by atoms with Crippen LogP contribution >= 0.6 is 0 Å². The van der Waals surface area contributed by atoms with E-state index in [9.17, 15) is 9.59 Å². The van der Waals surface area contributed by atoms with Gasteiger partial charge in [0.1, 0.15) is 6.29 Å². The van der Waals surface area contributed by atoms with Crippen LogP contribution in [-0.4, -0.2) is 41.3 Å². The second-order valence-corrected chi connectivity index (χ2v) is 7.88. The van der Waals surface area contributed by atoms with Crippen LogP contribution in [0.1, 0.15) is 46.5 Å². The topological polar surface area (TPSA) is 65.1 Å². The third kappa shape index (κ3) is 1.91. The van der Waals surface area contributed by atoms with Crippen molar-refractivity contribution >= 4 is 12.2 Å². The minimum atomic E-state index is -0.848. The Balaban J connectivity index is 1.86. The van der Waals surface area contributed by atoms with Gasteiger partial charge in [0.2, 0.25) is 11.7 Å². The Labute approximate surface area is 136 Å². The molecule has 0 aromatic heterocycles. The summed E-state index contributed by atoms with van der Waals surface area (Å²) in [4.78, 5) is 37.4. The zero-order valence-electron chi connectivity index (χ0n) is 14.0. The molecule has 6 heteroatoms. The molecule has 1 spiro atoms. The van der Waals surface area contributed by atoms with Crippen molar-refractivity contribution in [1.82, 2.24) is 4.90 Å². The highest BCUT2D eigenvalue weighted by molar-refractivity contribution is 5.82. The van der Waals surface area contributed by atoms with E-state index in [1.807, 2.05) is 13.8 Å². The molecule has 6 nitrogen and oxygen atoms in total. The van der Waals surface area contributed by atoms with Crippen LogP contribution in [0.2, 0.25) is 0 Å². The van der Waals surface area contributed by atoms with Crippen molar-refractivity contribution in [3.63, 3.8) is 0 Å². The monoisotopic (exact) mass is 323 g/mol.